The van der Waals surface area contributed by atoms with Gasteiger partial charge in [-0.3, -0.25) is 0 Å². The molecule has 1 aromatic rings. The van der Waals surface area contributed by atoms with Gasteiger partial charge in [0.25, 0.3) is 0 Å². The minimum atomic E-state index is -3.44. The predicted molar refractivity (Wildman–Crippen MR) is 74.5 cm³/mol. The average molecular weight is 289 g/mol. The fourth-order valence-corrected chi connectivity index (χ4v) is 2.58. The van der Waals surface area contributed by atoms with Gasteiger partial charge in [0.05, 0.1) is 11.5 Å². The summed E-state index contributed by atoms with van der Waals surface area (Å²) < 4.78 is 31.5. The van der Waals surface area contributed by atoms with E-state index in [1.165, 1.54) is 6.20 Å². The van der Waals surface area contributed by atoms with Gasteiger partial charge in [-0.15, -0.1) is 0 Å². The molecule has 0 aromatic carbocycles. The van der Waals surface area contributed by atoms with Crippen molar-refractivity contribution in [3.05, 3.63) is 18.0 Å². The summed E-state index contributed by atoms with van der Waals surface area (Å²) in [6.07, 6.45) is 2.55. The number of H-pyrrole nitrogens is 1. The first-order valence-electron chi connectivity index (χ1n) is 6.55. The van der Waals surface area contributed by atoms with Crippen LogP contribution in [-0.2, 0) is 21.3 Å². The van der Waals surface area contributed by atoms with Crippen molar-refractivity contribution in [2.75, 3.05) is 26.3 Å². The standard InChI is InChI=1S/C12H23N3O3S/c1-3-5-13-9-11-8-12(10-14-11)19(16,17)15-6-7-18-4-2/h8,10,13-15H,3-7,9H2,1-2H3. The van der Waals surface area contributed by atoms with Crippen LogP contribution in [0.2, 0.25) is 0 Å². The summed E-state index contributed by atoms with van der Waals surface area (Å²) in [7, 11) is -3.44. The Balaban J connectivity index is 2.49. The molecule has 3 N–H and O–H groups in total. The van der Waals surface area contributed by atoms with Crippen molar-refractivity contribution in [2.24, 2.45) is 0 Å². The van der Waals surface area contributed by atoms with Crippen LogP contribution in [0, 0.1) is 0 Å². The number of hydrogen-bond donors (Lipinski definition) is 3. The van der Waals surface area contributed by atoms with Gasteiger partial charge in [0.15, 0.2) is 0 Å². The zero-order chi connectivity index (χ0) is 14.1. The highest BCUT2D eigenvalue weighted by atomic mass is 32.2. The average Bonchev–Trinajstić information content (AvgIpc) is 2.85. The van der Waals surface area contributed by atoms with Gasteiger partial charge >= 0.3 is 0 Å². The minimum absolute atomic E-state index is 0.261. The SMILES string of the molecule is CCCNCc1cc(S(=O)(=O)NCCOCC)c[nH]1. The molecule has 0 spiro atoms. The highest BCUT2D eigenvalue weighted by Crippen LogP contribution is 2.10. The zero-order valence-corrected chi connectivity index (χ0v) is 12.3. The van der Waals surface area contributed by atoms with E-state index in [1.807, 2.05) is 6.92 Å². The predicted octanol–water partition coefficient (Wildman–Crippen LogP) is 0.829. The number of nitrogens with one attached hydrogen (secondary N) is 3. The number of ether oxygens (including phenoxy) is 1. The van der Waals surface area contributed by atoms with Crippen molar-refractivity contribution < 1.29 is 13.2 Å². The van der Waals surface area contributed by atoms with Crippen molar-refractivity contribution in [3.8, 4) is 0 Å². The van der Waals surface area contributed by atoms with Gasteiger partial charge in [-0.25, -0.2) is 13.1 Å². The van der Waals surface area contributed by atoms with E-state index in [1.54, 1.807) is 6.07 Å². The summed E-state index contributed by atoms with van der Waals surface area (Å²) in [6, 6.07) is 1.64. The molecule has 0 bridgehead atoms. The Hall–Kier alpha value is -0.890. The van der Waals surface area contributed by atoms with Crippen LogP contribution in [0.3, 0.4) is 0 Å². The molecule has 1 rings (SSSR count). The molecule has 0 radical (unpaired) electrons. The van der Waals surface area contributed by atoms with E-state index >= 15 is 0 Å². The molecule has 1 heterocycles. The third kappa shape index (κ3) is 5.73. The normalized spacial score (nSPS) is 11.9. The van der Waals surface area contributed by atoms with E-state index in [0.717, 1.165) is 18.7 Å². The summed E-state index contributed by atoms with van der Waals surface area (Å²) in [5, 5.41) is 3.21. The van der Waals surface area contributed by atoms with E-state index in [-0.39, 0.29) is 11.4 Å². The van der Waals surface area contributed by atoms with Crippen LogP contribution in [0.25, 0.3) is 0 Å². The van der Waals surface area contributed by atoms with E-state index in [2.05, 4.69) is 21.9 Å². The number of hydrogen-bond acceptors (Lipinski definition) is 4. The molecule has 6 nitrogen and oxygen atoms in total. The second-order valence-electron chi connectivity index (χ2n) is 4.13. The summed E-state index contributed by atoms with van der Waals surface area (Å²) in [6.45, 7) is 6.75. The molecule has 0 unspecified atom stereocenters. The molecular weight excluding hydrogens is 266 g/mol. The molecule has 0 atom stereocenters. The molecule has 7 heteroatoms. The Morgan fingerprint density at radius 3 is 2.79 bits per heavy atom. The second kappa shape index (κ2) is 8.31. The Morgan fingerprint density at radius 1 is 1.32 bits per heavy atom. The van der Waals surface area contributed by atoms with Crippen LogP contribution in [0.15, 0.2) is 17.2 Å². The number of rotatable bonds is 10. The lowest BCUT2D eigenvalue weighted by Crippen LogP contribution is -2.27. The fraction of sp³-hybridized carbons (Fsp3) is 0.667. The van der Waals surface area contributed by atoms with Crippen LogP contribution in [0.4, 0.5) is 0 Å². The van der Waals surface area contributed by atoms with Gasteiger partial charge in [0.2, 0.25) is 10.0 Å². The number of sulfonamides is 1. The van der Waals surface area contributed by atoms with Crippen molar-refractivity contribution >= 4 is 10.0 Å². The second-order valence-corrected chi connectivity index (χ2v) is 5.90. The first-order valence-corrected chi connectivity index (χ1v) is 8.04. The summed E-state index contributed by atoms with van der Waals surface area (Å²) >= 11 is 0. The van der Waals surface area contributed by atoms with Gasteiger partial charge in [-0.05, 0) is 26.0 Å². The third-order valence-electron chi connectivity index (χ3n) is 2.51. The first-order chi connectivity index (χ1) is 9.10. The largest absolute Gasteiger partial charge is 0.380 e. The highest BCUT2D eigenvalue weighted by molar-refractivity contribution is 7.89. The molecular formula is C12H23N3O3S. The Labute approximate surface area is 115 Å². The van der Waals surface area contributed by atoms with Crippen LogP contribution in [0.5, 0.6) is 0 Å². The van der Waals surface area contributed by atoms with Gasteiger partial charge in [-0.1, -0.05) is 6.92 Å². The molecule has 1 aromatic heterocycles. The van der Waals surface area contributed by atoms with E-state index in [9.17, 15) is 8.42 Å². The molecule has 0 aliphatic rings. The van der Waals surface area contributed by atoms with Crippen LogP contribution < -0.4 is 10.0 Å². The highest BCUT2D eigenvalue weighted by Gasteiger charge is 2.15. The molecule has 110 valence electrons. The lowest BCUT2D eigenvalue weighted by Gasteiger charge is -2.04. The van der Waals surface area contributed by atoms with Crippen LogP contribution in [-0.4, -0.2) is 39.7 Å². The van der Waals surface area contributed by atoms with Crippen molar-refractivity contribution in [1.29, 1.82) is 0 Å². The Kier molecular flexibility index (Phi) is 7.07. The molecule has 0 amide bonds. The van der Waals surface area contributed by atoms with Crippen molar-refractivity contribution in [3.63, 3.8) is 0 Å². The van der Waals surface area contributed by atoms with Gasteiger partial charge in [-0.2, -0.15) is 0 Å². The monoisotopic (exact) mass is 289 g/mol. The van der Waals surface area contributed by atoms with Crippen LogP contribution >= 0.6 is 0 Å². The maximum Gasteiger partial charge on any atom is 0.242 e. The lowest BCUT2D eigenvalue weighted by atomic mass is 10.4. The van der Waals surface area contributed by atoms with Crippen molar-refractivity contribution in [1.82, 2.24) is 15.0 Å². The number of aromatic amines is 1. The smallest absolute Gasteiger partial charge is 0.242 e. The molecule has 0 saturated heterocycles. The molecule has 19 heavy (non-hydrogen) atoms. The summed E-state index contributed by atoms with van der Waals surface area (Å²) in [5.41, 5.74) is 0.860. The lowest BCUT2D eigenvalue weighted by molar-refractivity contribution is 0.153. The molecule has 0 fully saturated rings. The van der Waals surface area contributed by atoms with Gasteiger partial charge in [0, 0.05) is 31.6 Å². The first kappa shape index (κ1) is 16.2. The Bertz CT molecular complexity index is 457. The topological polar surface area (TPSA) is 83.2 Å². The quantitative estimate of drug-likeness (QED) is 0.557. The third-order valence-corrected chi connectivity index (χ3v) is 3.95. The molecule has 0 aliphatic heterocycles. The van der Waals surface area contributed by atoms with E-state index in [4.69, 9.17) is 4.74 Å². The number of aromatic nitrogens is 1. The summed E-state index contributed by atoms with van der Waals surface area (Å²) in [4.78, 5) is 3.22. The maximum absolute atomic E-state index is 11.9. The van der Waals surface area contributed by atoms with Gasteiger partial charge in [0.1, 0.15) is 0 Å². The fourth-order valence-electron chi connectivity index (χ4n) is 1.55. The molecule has 0 saturated carbocycles. The molecule has 0 aliphatic carbocycles. The summed E-state index contributed by atoms with van der Waals surface area (Å²) in [5.74, 6) is 0. The Morgan fingerprint density at radius 2 is 2.11 bits per heavy atom. The van der Waals surface area contributed by atoms with Crippen molar-refractivity contribution in [2.45, 2.75) is 31.7 Å². The minimum Gasteiger partial charge on any atom is -0.380 e. The maximum atomic E-state index is 11.9. The van der Waals surface area contributed by atoms with Crippen LogP contribution in [0.1, 0.15) is 26.0 Å². The zero-order valence-electron chi connectivity index (χ0n) is 11.5. The van der Waals surface area contributed by atoms with Gasteiger partial charge < -0.3 is 15.0 Å². The van der Waals surface area contributed by atoms with E-state index in [0.29, 0.717) is 19.8 Å². The van der Waals surface area contributed by atoms with E-state index < -0.39 is 10.0 Å².